The second-order valence-electron chi connectivity index (χ2n) is 18.7. The first-order chi connectivity index (χ1) is 31.5. The first kappa shape index (κ1) is 61.8. The molecule has 384 valence electrons. The third-order valence-corrected chi connectivity index (χ3v) is 13.6. The molecule has 0 heterocycles. The van der Waals surface area contributed by atoms with Gasteiger partial charge in [0.25, 0.3) is 0 Å². The van der Waals surface area contributed by atoms with Crippen LogP contribution in [0.5, 0.6) is 0 Å². The zero-order chi connectivity index (χ0) is 47.6. The molecule has 1 saturated carbocycles. The third-order valence-electron chi connectivity index (χ3n) is 12.6. The van der Waals surface area contributed by atoms with E-state index in [-0.39, 0.29) is 13.0 Å². The first-order valence-corrected chi connectivity index (χ1v) is 28.2. The number of aliphatic hydroxyl groups excluding tert-OH is 5. The van der Waals surface area contributed by atoms with E-state index in [0.717, 1.165) is 64.2 Å². The molecule has 0 radical (unpaired) electrons. The molecule has 0 aliphatic heterocycles. The third kappa shape index (κ3) is 34.7. The van der Waals surface area contributed by atoms with Gasteiger partial charge in [0.05, 0.1) is 13.2 Å². The van der Waals surface area contributed by atoms with Crippen LogP contribution in [0.25, 0.3) is 0 Å². The van der Waals surface area contributed by atoms with E-state index in [4.69, 9.17) is 18.5 Å². The van der Waals surface area contributed by atoms with Gasteiger partial charge in [0.1, 0.15) is 42.7 Å². The van der Waals surface area contributed by atoms with Crippen LogP contribution in [0.2, 0.25) is 0 Å². The first-order valence-electron chi connectivity index (χ1n) is 26.7. The number of rotatable bonds is 46. The Kier molecular flexibility index (Phi) is 40.8. The Hall–Kier alpha value is -1.18. The van der Waals surface area contributed by atoms with Crippen LogP contribution < -0.4 is 0 Å². The molecular weight excluding hydrogens is 848 g/mol. The predicted octanol–water partition coefficient (Wildman–Crippen LogP) is 12.0. The quantitative estimate of drug-likeness (QED) is 0.0147. The molecule has 13 heteroatoms. The molecule has 1 fully saturated rings. The largest absolute Gasteiger partial charge is 0.472 e. The van der Waals surface area contributed by atoms with Crippen molar-refractivity contribution in [3.8, 4) is 0 Å². The van der Waals surface area contributed by atoms with E-state index in [9.17, 15) is 39.8 Å². The molecule has 0 aromatic heterocycles. The normalized spacial score (nSPS) is 21.7. The Labute approximate surface area is 396 Å². The summed E-state index contributed by atoms with van der Waals surface area (Å²) < 4.78 is 34.3. The van der Waals surface area contributed by atoms with E-state index in [1.54, 1.807) is 0 Å². The Morgan fingerprint density at radius 3 is 1.34 bits per heavy atom. The van der Waals surface area contributed by atoms with Crippen LogP contribution in [0.3, 0.4) is 0 Å². The van der Waals surface area contributed by atoms with Gasteiger partial charge in [0.15, 0.2) is 0 Å². The Bertz CT molecular complexity index is 1170. The van der Waals surface area contributed by atoms with Gasteiger partial charge in [0, 0.05) is 13.0 Å². The average molecular weight is 947 g/mol. The monoisotopic (exact) mass is 947 g/mol. The predicted molar refractivity (Wildman–Crippen MR) is 263 cm³/mol. The lowest BCUT2D eigenvalue weighted by molar-refractivity contribution is -0.220. The topological polar surface area (TPSA) is 192 Å². The molecule has 12 nitrogen and oxygen atoms in total. The van der Waals surface area contributed by atoms with E-state index in [0.29, 0.717) is 13.0 Å². The standard InChI is InChI=1S/C52H99O12P/c1-3-5-7-9-11-13-15-17-19-20-21-22-23-24-25-26-27-29-31-33-35-37-39-41-46(53)63-45(44-62-65(59,60)64-52-50(57)48(55)47(54)49(56)51(52)58)43-61-42-40-38-36-34-32-30-28-18-16-14-12-10-8-6-4-2/h10,12,16,18,45,47-52,54-58H,3-9,11,13-15,17,19-44H2,1-2H3,(H,59,60)/b12-10-,18-16-. The highest BCUT2D eigenvalue weighted by atomic mass is 31.2. The van der Waals surface area contributed by atoms with Crippen molar-refractivity contribution < 1.29 is 58.3 Å². The number of phosphoric acid groups is 1. The van der Waals surface area contributed by atoms with Crippen molar-refractivity contribution in [3.05, 3.63) is 24.3 Å². The minimum atomic E-state index is -5.02. The van der Waals surface area contributed by atoms with Crippen LogP contribution >= 0.6 is 7.82 Å². The molecule has 0 saturated heterocycles. The van der Waals surface area contributed by atoms with E-state index in [1.807, 2.05) is 0 Å². The van der Waals surface area contributed by atoms with Crippen LogP contribution in [-0.2, 0) is 27.9 Å². The van der Waals surface area contributed by atoms with E-state index in [1.165, 1.54) is 148 Å². The summed E-state index contributed by atoms with van der Waals surface area (Å²) in [4.78, 5) is 23.3. The van der Waals surface area contributed by atoms with Crippen LogP contribution in [0, 0.1) is 0 Å². The number of carbonyl (C=O) groups excluding carboxylic acids is 1. The molecule has 0 aromatic rings. The van der Waals surface area contributed by atoms with Gasteiger partial charge in [0.2, 0.25) is 0 Å². The maximum Gasteiger partial charge on any atom is 0.472 e. The Morgan fingerprint density at radius 2 is 0.877 bits per heavy atom. The molecule has 65 heavy (non-hydrogen) atoms. The average Bonchev–Trinajstić information content (AvgIpc) is 3.29. The molecule has 6 N–H and O–H groups in total. The van der Waals surface area contributed by atoms with Gasteiger partial charge in [-0.1, -0.05) is 218 Å². The lowest BCUT2D eigenvalue weighted by Gasteiger charge is -2.41. The summed E-state index contributed by atoms with van der Waals surface area (Å²) in [6.07, 6.45) is 38.2. The molecule has 0 spiro atoms. The van der Waals surface area contributed by atoms with Crippen molar-refractivity contribution in [2.45, 2.75) is 281 Å². The molecule has 1 aliphatic carbocycles. The van der Waals surface area contributed by atoms with Crippen molar-refractivity contribution in [1.29, 1.82) is 0 Å². The van der Waals surface area contributed by atoms with Gasteiger partial charge in [-0.25, -0.2) is 4.57 Å². The van der Waals surface area contributed by atoms with Crippen LogP contribution in [-0.4, -0.2) is 98.9 Å². The SMILES string of the molecule is CCCC/C=C\C/C=C\CCCCCCCCOCC(COP(=O)(O)OC1C(O)C(O)C(O)C(O)C1O)OC(=O)CCCCCCCCCCCCCCCCCCCCCCCCC. The van der Waals surface area contributed by atoms with Crippen molar-refractivity contribution in [2.24, 2.45) is 0 Å². The number of carbonyl (C=O) groups is 1. The maximum atomic E-state index is 12.9. The second-order valence-corrected chi connectivity index (χ2v) is 20.1. The molecule has 0 aromatic carbocycles. The molecule has 0 bridgehead atoms. The molecule has 1 rings (SSSR count). The zero-order valence-corrected chi connectivity index (χ0v) is 42.2. The lowest BCUT2D eigenvalue weighted by Crippen LogP contribution is -2.64. The molecular formula is C52H99O12P. The number of allylic oxidation sites excluding steroid dienone is 4. The van der Waals surface area contributed by atoms with Gasteiger partial charge < -0.3 is 39.9 Å². The van der Waals surface area contributed by atoms with Gasteiger partial charge in [-0.05, 0) is 38.5 Å². The van der Waals surface area contributed by atoms with Crippen molar-refractivity contribution in [3.63, 3.8) is 0 Å². The summed E-state index contributed by atoms with van der Waals surface area (Å²) in [5.41, 5.74) is 0. The number of hydrogen-bond acceptors (Lipinski definition) is 11. The minimum Gasteiger partial charge on any atom is -0.457 e. The number of esters is 1. The summed E-state index contributed by atoms with van der Waals surface area (Å²) in [6.45, 7) is 4.24. The molecule has 0 amide bonds. The summed E-state index contributed by atoms with van der Waals surface area (Å²) in [7, 11) is -5.02. The summed E-state index contributed by atoms with van der Waals surface area (Å²) in [5, 5.41) is 50.3. The number of ether oxygens (including phenoxy) is 2. The maximum absolute atomic E-state index is 12.9. The van der Waals surface area contributed by atoms with Crippen molar-refractivity contribution >= 4 is 13.8 Å². The van der Waals surface area contributed by atoms with Crippen molar-refractivity contribution in [1.82, 2.24) is 0 Å². The molecule has 6 unspecified atom stereocenters. The lowest BCUT2D eigenvalue weighted by atomic mass is 9.85. The summed E-state index contributed by atoms with van der Waals surface area (Å²) in [6, 6.07) is 0. The number of hydrogen-bond donors (Lipinski definition) is 6. The zero-order valence-electron chi connectivity index (χ0n) is 41.3. The highest BCUT2D eigenvalue weighted by Gasteiger charge is 2.51. The van der Waals surface area contributed by atoms with Crippen molar-refractivity contribution in [2.75, 3.05) is 19.8 Å². The minimum absolute atomic E-state index is 0.0798. The Balaban J connectivity index is 2.29. The fourth-order valence-electron chi connectivity index (χ4n) is 8.32. The smallest absolute Gasteiger partial charge is 0.457 e. The Morgan fingerprint density at radius 1 is 0.492 bits per heavy atom. The fraction of sp³-hybridized carbons (Fsp3) is 0.904. The van der Waals surface area contributed by atoms with E-state index >= 15 is 0 Å². The summed E-state index contributed by atoms with van der Waals surface area (Å²) in [5.74, 6) is -0.476. The van der Waals surface area contributed by atoms with Crippen LogP contribution in [0.4, 0.5) is 0 Å². The summed E-state index contributed by atoms with van der Waals surface area (Å²) >= 11 is 0. The number of aliphatic hydroxyl groups is 5. The van der Waals surface area contributed by atoms with Gasteiger partial charge in [-0.15, -0.1) is 0 Å². The second kappa shape index (κ2) is 42.9. The van der Waals surface area contributed by atoms with Gasteiger partial charge >= 0.3 is 13.8 Å². The van der Waals surface area contributed by atoms with Crippen LogP contribution in [0.15, 0.2) is 24.3 Å². The van der Waals surface area contributed by atoms with E-state index < -0.39 is 63.1 Å². The number of unbranched alkanes of at least 4 members (excludes halogenated alkanes) is 30. The van der Waals surface area contributed by atoms with Gasteiger partial charge in [-0.2, -0.15) is 0 Å². The fourth-order valence-corrected chi connectivity index (χ4v) is 9.29. The van der Waals surface area contributed by atoms with E-state index in [2.05, 4.69) is 38.2 Å². The van der Waals surface area contributed by atoms with Gasteiger partial charge in [-0.3, -0.25) is 13.8 Å². The highest BCUT2D eigenvalue weighted by molar-refractivity contribution is 7.47. The highest BCUT2D eigenvalue weighted by Crippen LogP contribution is 2.47. The van der Waals surface area contributed by atoms with Crippen LogP contribution in [0.1, 0.15) is 239 Å². The molecule has 6 atom stereocenters. The number of phosphoric ester groups is 1. The molecule has 1 aliphatic rings.